The smallest absolute Gasteiger partial charge is 0.254 e. The van der Waals surface area contributed by atoms with Crippen LogP contribution in [0.2, 0.25) is 5.02 Å². The van der Waals surface area contributed by atoms with Crippen molar-refractivity contribution in [1.82, 2.24) is 10.1 Å². The lowest BCUT2D eigenvalue weighted by atomic mass is 10.0. The fraction of sp³-hybridized carbons (Fsp3) is 0.385. The van der Waals surface area contributed by atoms with Crippen LogP contribution in [0.3, 0.4) is 0 Å². The highest BCUT2D eigenvalue weighted by atomic mass is 35.5. The zero-order valence-corrected chi connectivity index (χ0v) is 20.0. The summed E-state index contributed by atoms with van der Waals surface area (Å²) in [5, 5.41) is 4.82. The van der Waals surface area contributed by atoms with Gasteiger partial charge in [-0.1, -0.05) is 28.9 Å². The quantitative estimate of drug-likeness (QED) is 0.465. The van der Waals surface area contributed by atoms with Gasteiger partial charge in [0, 0.05) is 42.4 Å². The zero-order chi connectivity index (χ0) is 24.2. The van der Waals surface area contributed by atoms with Crippen LogP contribution in [0.5, 0.6) is 0 Å². The molecule has 0 N–H and O–H groups in total. The zero-order valence-electron chi connectivity index (χ0n) is 19.3. The average Bonchev–Trinajstić information content (AvgIpc) is 3.55. The molecule has 35 heavy (non-hydrogen) atoms. The fourth-order valence-electron chi connectivity index (χ4n) is 4.54. The molecule has 0 unspecified atom stereocenters. The van der Waals surface area contributed by atoms with E-state index in [-0.39, 0.29) is 18.6 Å². The summed E-state index contributed by atoms with van der Waals surface area (Å²) in [5.41, 5.74) is 1.91. The molecule has 2 aliphatic rings. The number of hydrogen-bond donors (Lipinski definition) is 0. The molecule has 2 aliphatic heterocycles. The Morgan fingerprint density at radius 2 is 1.89 bits per heavy atom. The van der Waals surface area contributed by atoms with E-state index in [1.807, 2.05) is 4.90 Å². The number of halogens is 2. The van der Waals surface area contributed by atoms with Crippen LogP contribution >= 0.6 is 11.6 Å². The van der Waals surface area contributed by atoms with Crippen LogP contribution in [-0.4, -0.2) is 61.5 Å². The lowest BCUT2D eigenvalue weighted by molar-refractivity contribution is 0.0507. The summed E-state index contributed by atoms with van der Waals surface area (Å²) < 4.78 is 31.9. The Morgan fingerprint density at radius 3 is 2.60 bits per heavy atom. The Kier molecular flexibility index (Phi) is 7.32. The predicted molar refractivity (Wildman–Crippen MR) is 130 cm³/mol. The molecule has 3 heterocycles. The van der Waals surface area contributed by atoms with Gasteiger partial charge in [-0.05, 0) is 49.2 Å². The van der Waals surface area contributed by atoms with E-state index in [9.17, 15) is 9.18 Å². The second-order valence-corrected chi connectivity index (χ2v) is 9.16. The molecule has 184 valence electrons. The summed E-state index contributed by atoms with van der Waals surface area (Å²) in [7, 11) is 0. The first-order valence-electron chi connectivity index (χ1n) is 11.8. The van der Waals surface area contributed by atoms with Crippen LogP contribution in [-0.2, 0) is 16.0 Å². The number of ether oxygens (including phenoxy) is 2. The highest BCUT2D eigenvalue weighted by Gasteiger charge is 2.30. The number of rotatable bonds is 7. The number of aromatic nitrogens is 1. The summed E-state index contributed by atoms with van der Waals surface area (Å²) in [5.74, 6) is -0.0242. The van der Waals surface area contributed by atoms with Gasteiger partial charge in [-0.25, -0.2) is 4.39 Å². The number of anilines is 1. The highest BCUT2D eigenvalue weighted by molar-refractivity contribution is 6.30. The van der Waals surface area contributed by atoms with Crippen molar-refractivity contribution in [3.63, 3.8) is 0 Å². The second-order valence-electron chi connectivity index (χ2n) is 8.72. The van der Waals surface area contributed by atoms with Gasteiger partial charge in [0.05, 0.1) is 31.4 Å². The molecule has 2 fully saturated rings. The van der Waals surface area contributed by atoms with E-state index in [1.54, 1.807) is 47.4 Å². The van der Waals surface area contributed by atoms with E-state index < -0.39 is 5.82 Å². The largest absolute Gasteiger partial charge is 0.378 e. The van der Waals surface area contributed by atoms with E-state index in [0.717, 1.165) is 12.8 Å². The van der Waals surface area contributed by atoms with Crippen LogP contribution in [0.1, 0.15) is 28.8 Å². The number of carbonyl (C=O) groups excluding carboxylic acids is 1. The first kappa shape index (κ1) is 23.8. The van der Waals surface area contributed by atoms with Crippen molar-refractivity contribution in [1.29, 1.82) is 0 Å². The standard InChI is InChI=1S/C26H27ClFN3O4/c27-19-9-7-18(8-10-19)25(32)31(16-20-4-3-13-34-20)17-22-24(21-5-1-2-6-23(21)28)29-35-26(22)30-11-14-33-15-12-30/h1-2,5-10,20H,3-4,11-17H2/t20-/m0/s1. The Hall–Kier alpha value is -2.94. The number of hydrogen-bond acceptors (Lipinski definition) is 6. The van der Waals surface area contributed by atoms with Gasteiger partial charge in [0.2, 0.25) is 5.88 Å². The van der Waals surface area contributed by atoms with Gasteiger partial charge < -0.3 is 23.8 Å². The molecule has 2 saturated heterocycles. The molecule has 9 heteroatoms. The molecule has 0 aliphatic carbocycles. The second kappa shape index (κ2) is 10.8. The molecule has 2 aromatic carbocycles. The molecule has 0 spiro atoms. The SMILES string of the molecule is O=C(c1ccc(Cl)cc1)N(Cc1c(-c2ccccc2F)noc1N1CCOCC1)C[C@@H]1CCCO1. The van der Waals surface area contributed by atoms with Crippen LogP contribution < -0.4 is 4.90 Å². The van der Waals surface area contributed by atoms with Gasteiger partial charge in [-0.2, -0.15) is 0 Å². The van der Waals surface area contributed by atoms with Crippen molar-refractivity contribution in [3.05, 3.63) is 70.5 Å². The van der Waals surface area contributed by atoms with Crippen molar-refractivity contribution in [2.24, 2.45) is 0 Å². The number of carbonyl (C=O) groups is 1. The van der Waals surface area contributed by atoms with Crippen molar-refractivity contribution in [2.75, 3.05) is 44.4 Å². The number of nitrogens with zero attached hydrogens (tertiary/aromatic N) is 3. The fourth-order valence-corrected chi connectivity index (χ4v) is 4.67. The van der Waals surface area contributed by atoms with Gasteiger partial charge in [0.15, 0.2) is 0 Å². The minimum atomic E-state index is -0.398. The normalized spacial score (nSPS) is 18.1. The molecular weight excluding hydrogens is 473 g/mol. The van der Waals surface area contributed by atoms with Crippen molar-refractivity contribution in [2.45, 2.75) is 25.5 Å². The van der Waals surface area contributed by atoms with Gasteiger partial charge >= 0.3 is 0 Å². The monoisotopic (exact) mass is 499 g/mol. The van der Waals surface area contributed by atoms with Crippen LogP contribution in [0.25, 0.3) is 11.3 Å². The minimum absolute atomic E-state index is 0.0603. The Labute approximate surface area is 208 Å². The van der Waals surface area contributed by atoms with E-state index in [1.165, 1.54) is 6.07 Å². The number of benzene rings is 2. The van der Waals surface area contributed by atoms with Crippen molar-refractivity contribution in [3.8, 4) is 11.3 Å². The summed E-state index contributed by atoms with van der Waals surface area (Å²) in [4.78, 5) is 17.4. The maximum atomic E-state index is 14.8. The Balaban J connectivity index is 1.53. The third-order valence-corrected chi connectivity index (χ3v) is 6.62. The molecule has 0 radical (unpaired) electrons. The first-order valence-corrected chi connectivity index (χ1v) is 12.2. The Morgan fingerprint density at radius 1 is 1.11 bits per heavy atom. The molecule has 5 rings (SSSR count). The molecule has 0 saturated carbocycles. The third kappa shape index (κ3) is 5.34. The van der Waals surface area contributed by atoms with Crippen LogP contribution in [0, 0.1) is 5.82 Å². The maximum absolute atomic E-state index is 14.8. The van der Waals surface area contributed by atoms with Crippen LogP contribution in [0.15, 0.2) is 53.1 Å². The maximum Gasteiger partial charge on any atom is 0.254 e. The Bertz CT molecular complexity index is 1160. The lowest BCUT2D eigenvalue weighted by Crippen LogP contribution is -2.39. The summed E-state index contributed by atoms with van der Waals surface area (Å²) in [6.45, 7) is 3.63. The van der Waals surface area contributed by atoms with E-state index in [0.29, 0.717) is 72.7 Å². The molecule has 3 aromatic rings. The predicted octanol–water partition coefficient (Wildman–Crippen LogP) is 4.79. The highest BCUT2D eigenvalue weighted by Crippen LogP contribution is 2.35. The summed E-state index contributed by atoms with van der Waals surface area (Å²) >= 11 is 6.04. The molecule has 1 aromatic heterocycles. The number of morpholine rings is 1. The molecular formula is C26H27ClFN3O4. The topological polar surface area (TPSA) is 68.0 Å². The lowest BCUT2D eigenvalue weighted by Gasteiger charge is -2.29. The molecule has 1 atom stereocenters. The van der Waals surface area contributed by atoms with E-state index in [4.69, 9.17) is 25.6 Å². The average molecular weight is 500 g/mol. The van der Waals surface area contributed by atoms with E-state index in [2.05, 4.69) is 5.16 Å². The van der Waals surface area contributed by atoms with Gasteiger partial charge in [-0.3, -0.25) is 4.79 Å². The van der Waals surface area contributed by atoms with Crippen molar-refractivity contribution < 1.29 is 23.2 Å². The summed E-state index contributed by atoms with van der Waals surface area (Å²) in [6, 6.07) is 13.3. The van der Waals surface area contributed by atoms with Crippen molar-refractivity contribution >= 4 is 23.4 Å². The van der Waals surface area contributed by atoms with Gasteiger partial charge in [0.25, 0.3) is 5.91 Å². The number of amides is 1. The van der Waals surface area contributed by atoms with Gasteiger partial charge in [-0.15, -0.1) is 0 Å². The van der Waals surface area contributed by atoms with E-state index >= 15 is 0 Å². The molecule has 7 nitrogen and oxygen atoms in total. The summed E-state index contributed by atoms with van der Waals surface area (Å²) in [6.07, 6.45) is 1.78. The first-order chi connectivity index (χ1) is 17.1. The molecule has 0 bridgehead atoms. The third-order valence-electron chi connectivity index (χ3n) is 6.37. The molecule has 1 amide bonds. The van der Waals surface area contributed by atoms with Gasteiger partial charge in [0.1, 0.15) is 11.5 Å². The van der Waals surface area contributed by atoms with Crippen LogP contribution in [0.4, 0.5) is 10.3 Å². The minimum Gasteiger partial charge on any atom is -0.378 e.